The Morgan fingerprint density at radius 3 is 2.52 bits per heavy atom. The number of imidazole rings is 1. The Kier molecular flexibility index (Phi) is 4.81. The van der Waals surface area contributed by atoms with E-state index in [1.54, 1.807) is 12.0 Å². The number of nitrogens with one attached hydrogen (secondary N) is 1. The summed E-state index contributed by atoms with van der Waals surface area (Å²) >= 11 is 0. The maximum absolute atomic E-state index is 12.8. The fourth-order valence-electron chi connectivity index (χ4n) is 3.50. The van der Waals surface area contributed by atoms with Crippen LogP contribution >= 0.6 is 0 Å². The molecule has 0 radical (unpaired) electrons. The van der Waals surface area contributed by atoms with Crippen LogP contribution < -0.4 is 9.64 Å². The van der Waals surface area contributed by atoms with Crippen molar-refractivity contribution in [3.8, 4) is 5.75 Å². The van der Waals surface area contributed by atoms with Gasteiger partial charge in [-0.15, -0.1) is 0 Å². The van der Waals surface area contributed by atoms with Crippen LogP contribution in [0.2, 0.25) is 0 Å². The number of anilines is 1. The highest BCUT2D eigenvalue weighted by atomic mass is 19.4. The molecular weight excluding hydrogens is 385 g/mol. The number of H-pyrrole nitrogens is 1. The van der Waals surface area contributed by atoms with Crippen LogP contribution in [0.4, 0.5) is 18.9 Å². The lowest BCUT2D eigenvalue weighted by Crippen LogP contribution is -2.48. The molecule has 0 saturated carbocycles. The standard InChI is InChI=1S/C20H19F3N4O2/c1-29-17-5-3-2-4-16(17)26-8-10-27(11-9-26)18(28)13-6-7-14-15(12-13)25-19(24-14)20(21,22)23/h2-7,12H,8-11H2,1H3,(H,24,25). The number of carbonyl (C=O) groups excluding carboxylic acids is 1. The molecule has 1 saturated heterocycles. The van der Waals surface area contributed by atoms with Gasteiger partial charge in [0.2, 0.25) is 5.82 Å². The van der Waals surface area contributed by atoms with E-state index in [9.17, 15) is 18.0 Å². The summed E-state index contributed by atoms with van der Waals surface area (Å²) in [5.41, 5.74) is 1.67. The van der Waals surface area contributed by atoms with Crippen molar-refractivity contribution in [2.24, 2.45) is 0 Å². The number of piperazine rings is 1. The normalized spacial score (nSPS) is 15.0. The zero-order valence-corrected chi connectivity index (χ0v) is 15.7. The summed E-state index contributed by atoms with van der Waals surface area (Å²) in [6, 6.07) is 12.1. The molecule has 1 aliphatic rings. The fraction of sp³-hybridized carbons (Fsp3) is 0.300. The third kappa shape index (κ3) is 3.72. The lowest BCUT2D eigenvalue weighted by Gasteiger charge is -2.36. The minimum absolute atomic E-state index is 0.176. The van der Waals surface area contributed by atoms with Gasteiger partial charge in [-0.1, -0.05) is 12.1 Å². The van der Waals surface area contributed by atoms with Gasteiger partial charge in [-0.3, -0.25) is 4.79 Å². The zero-order valence-electron chi connectivity index (χ0n) is 15.7. The van der Waals surface area contributed by atoms with Crippen LogP contribution in [-0.2, 0) is 6.18 Å². The van der Waals surface area contributed by atoms with Crippen molar-refractivity contribution < 1.29 is 22.7 Å². The van der Waals surface area contributed by atoms with E-state index in [2.05, 4.69) is 14.9 Å². The molecule has 1 fully saturated rings. The van der Waals surface area contributed by atoms with E-state index in [-0.39, 0.29) is 16.9 Å². The largest absolute Gasteiger partial charge is 0.495 e. The minimum Gasteiger partial charge on any atom is -0.495 e. The van der Waals surface area contributed by atoms with Crippen molar-refractivity contribution in [3.63, 3.8) is 0 Å². The van der Waals surface area contributed by atoms with E-state index >= 15 is 0 Å². The Labute approximate surface area is 164 Å². The molecule has 9 heteroatoms. The number of alkyl halides is 3. The molecule has 1 aromatic heterocycles. The lowest BCUT2D eigenvalue weighted by molar-refractivity contribution is -0.144. The fourth-order valence-corrected chi connectivity index (χ4v) is 3.50. The molecule has 3 aromatic rings. The number of aromatic amines is 1. The topological polar surface area (TPSA) is 61.5 Å². The summed E-state index contributed by atoms with van der Waals surface area (Å²) in [4.78, 5) is 22.5. The van der Waals surface area contributed by atoms with Gasteiger partial charge < -0.3 is 19.5 Å². The van der Waals surface area contributed by atoms with Gasteiger partial charge in [0.25, 0.3) is 5.91 Å². The summed E-state index contributed by atoms with van der Waals surface area (Å²) in [6.45, 7) is 2.28. The van der Waals surface area contributed by atoms with Crippen LogP contribution in [0.15, 0.2) is 42.5 Å². The quantitative estimate of drug-likeness (QED) is 0.725. The Bertz CT molecular complexity index is 1040. The van der Waals surface area contributed by atoms with Crippen molar-refractivity contribution in [1.82, 2.24) is 14.9 Å². The van der Waals surface area contributed by atoms with Gasteiger partial charge in [0.1, 0.15) is 5.75 Å². The smallest absolute Gasteiger partial charge is 0.449 e. The zero-order chi connectivity index (χ0) is 20.6. The highest BCUT2D eigenvalue weighted by Gasteiger charge is 2.35. The molecule has 2 heterocycles. The molecule has 1 N–H and O–H groups in total. The van der Waals surface area contributed by atoms with Gasteiger partial charge in [0, 0.05) is 31.7 Å². The summed E-state index contributed by atoms with van der Waals surface area (Å²) in [6.07, 6.45) is -4.56. The average Bonchev–Trinajstić information content (AvgIpc) is 3.17. The monoisotopic (exact) mass is 404 g/mol. The highest BCUT2D eigenvalue weighted by Crippen LogP contribution is 2.30. The molecule has 2 aromatic carbocycles. The number of rotatable bonds is 3. The van der Waals surface area contributed by atoms with E-state index in [1.165, 1.54) is 18.2 Å². The first kappa shape index (κ1) is 19.1. The summed E-state index contributed by atoms with van der Waals surface area (Å²) in [5.74, 6) is -0.505. The van der Waals surface area contributed by atoms with Crippen LogP contribution in [0.3, 0.4) is 0 Å². The van der Waals surface area contributed by atoms with Gasteiger partial charge in [-0.05, 0) is 30.3 Å². The van der Waals surface area contributed by atoms with Crippen LogP contribution in [0.25, 0.3) is 11.0 Å². The van der Waals surface area contributed by atoms with Crippen LogP contribution in [0, 0.1) is 0 Å². The SMILES string of the molecule is COc1ccccc1N1CCN(C(=O)c2ccc3nc(C(F)(F)F)[nH]c3c2)CC1. The summed E-state index contributed by atoms with van der Waals surface area (Å²) in [7, 11) is 1.62. The number of methoxy groups -OCH3 is 1. The number of amides is 1. The number of hydrogen-bond acceptors (Lipinski definition) is 4. The second-order valence-corrected chi connectivity index (χ2v) is 6.77. The van der Waals surface area contributed by atoms with Crippen molar-refractivity contribution >= 4 is 22.6 Å². The van der Waals surface area contributed by atoms with Gasteiger partial charge in [-0.2, -0.15) is 13.2 Å². The van der Waals surface area contributed by atoms with Gasteiger partial charge >= 0.3 is 6.18 Å². The molecular formula is C20H19F3N4O2. The molecule has 4 rings (SSSR count). The predicted octanol–water partition coefficient (Wildman–Crippen LogP) is 3.55. The number of aromatic nitrogens is 2. The molecule has 1 aliphatic heterocycles. The third-order valence-corrected chi connectivity index (χ3v) is 4.99. The Balaban J connectivity index is 1.48. The van der Waals surface area contributed by atoms with E-state index < -0.39 is 12.0 Å². The average molecular weight is 404 g/mol. The summed E-state index contributed by atoms with van der Waals surface area (Å²) < 4.78 is 43.9. The van der Waals surface area contributed by atoms with Crippen molar-refractivity contribution in [3.05, 3.63) is 53.9 Å². The number of nitrogens with zero attached hydrogens (tertiary/aromatic N) is 3. The number of hydrogen-bond donors (Lipinski definition) is 1. The number of halogens is 3. The number of ether oxygens (including phenoxy) is 1. The molecule has 6 nitrogen and oxygen atoms in total. The van der Waals surface area contributed by atoms with E-state index in [0.717, 1.165) is 11.4 Å². The third-order valence-electron chi connectivity index (χ3n) is 4.99. The molecule has 152 valence electrons. The number of carbonyl (C=O) groups is 1. The van der Waals surface area contributed by atoms with Crippen molar-refractivity contribution in [2.75, 3.05) is 38.2 Å². The highest BCUT2D eigenvalue weighted by molar-refractivity contribution is 5.97. The number of fused-ring (bicyclic) bond motifs is 1. The molecule has 0 spiro atoms. The molecule has 0 bridgehead atoms. The first-order chi connectivity index (χ1) is 13.9. The minimum atomic E-state index is -4.56. The van der Waals surface area contributed by atoms with Crippen molar-refractivity contribution in [2.45, 2.75) is 6.18 Å². The maximum Gasteiger partial charge on any atom is 0.449 e. The van der Waals surface area contributed by atoms with Gasteiger partial charge in [0.15, 0.2) is 0 Å². The van der Waals surface area contributed by atoms with Crippen LogP contribution in [0.5, 0.6) is 5.75 Å². The molecule has 0 unspecified atom stereocenters. The summed E-state index contributed by atoms with van der Waals surface area (Å²) in [5, 5.41) is 0. The Morgan fingerprint density at radius 1 is 1.10 bits per heavy atom. The van der Waals surface area contributed by atoms with E-state index in [0.29, 0.717) is 31.7 Å². The second-order valence-electron chi connectivity index (χ2n) is 6.77. The molecule has 0 atom stereocenters. The lowest BCUT2D eigenvalue weighted by atomic mass is 10.1. The number of para-hydroxylation sites is 2. The van der Waals surface area contributed by atoms with Crippen LogP contribution in [0.1, 0.15) is 16.2 Å². The van der Waals surface area contributed by atoms with Gasteiger partial charge in [0.05, 0.1) is 23.8 Å². The number of benzene rings is 2. The van der Waals surface area contributed by atoms with E-state index in [1.807, 2.05) is 24.3 Å². The first-order valence-electron chi connectivity index (χ1n) is 9.11. The molecule has 1 amide bonds. The van der Waals surface area contributed by atoms with Crippen LogP contribution in [-0.4, -0.2) is 54.1 Å². The van der Waals surface area contributed by atoms with Gasteiger partial charge in [-0.25, -0.2) is 4.98 Å². The maximum atomic E-state index is 12.8. The van der Waals surface area contributed by atoms with E-state index in [4.69, 9.17) is 4.74 Å². The molecule has 0 aliphatic carbocycles. The second kappa shape index (κ2) is 7.31. The Hall–Kier alpha value is -3.23. The molecule has 29 heavy (non-hydrogen) atoms. The first-order valence-corrected chi connectivity index (χ1v) is 9.11. The predicted molar refractivity (Wildman–Crippen MR) is 102 cm³/mol. The Morgan fingerprint density at radius 2 is 1.83 bits per heavy atom. The van der Waals surface area contributed by atoms with Crippen molar-refractivity contribution in [1.29, 1.82) is 0 Å².